The second kappa shape index (κ2) is 8.97. The van der Waals surface area contributed by atoms with Crippen LogP contribution >= 0.6 is 11.3 Å². The third kappa shape index (κ3) is 4.73. The van der Waals surface area contributed by atoms with E-state index in [1.165, 1.54) is 11.3 Å². The fraction of sp³-hybridized carbons (Fsp3) is 0.125. The molecule has 1 amide bonds. The van der Waals surface area contributed by atoms with Gasteiger partial charge in [0.25, 0.3) is 0 Å². The number of aromatic hydroxyl groups is 1. The number of nitrogens with one attached hydrogen (secondary N) is 1. The number of phenolic OH excluding ortho intramolecular Hbond substituents is 1. The number of aryl methyl sites for hydroxylation is 1. The maximum atomic E-state index is 12.4. The summed E-state index contributed by atoms with van der Waals surface area (Å²) >= 11 is 1.33. The van der Waals surface area contributed by atoms with Gasteiger partial charge in [0, 0.05) is 16.5 Å². The summed E-state index contributed by atoms with van der Waals surface area (Å²) in [6, 6.07) is 18.1. The third-order valence-corrected chi connectivity index (χ3v) is 5.70. The summed E-state index contributed by atoms with van der Waals surface area (Å²) in [7, 11) is 0. The number of aromatic nitrogens is 1. The first kappa shape index (κ1) is 20.6. The zero-order valence-electron chi connectivity index (χ0n) is 16.8. The van der Waals surface area contributed by atoms with E-state index in [1.807, 2.05) is 43.3 Å². The molecule has 3 aromatic carbocycles. The molecular formula is C24H20N2O4S. The van der Waals surface area contributed by atoms with Gasteiger partial charge in [-0.25, -0.2) is 9.78 Å². The molecule has 4 aromatic rings. The maximum absolute atomic E-state index is 12.4. The lowest BCUT2D eigenvalue weighted by Crippen LogP contribution is -2.15. The molecule has 0 aliphatic heterocycles. The van der Waals surface area contributed by atoms with Gasteiger partial charge in [-0.05, 0) is 30.0 Å². The number of amides is 1. The number of fused-ring (bicyclic) bond motifs is 1. The number of benzene rings is 3. The Balaban J connectivity index is 1.36. The number of carbonyl (C=O) groups excluding carboxylic acids is 2. The second-order valence-electron chi connectivity index (χ2n) is 7.03. The van der Waals surface area contributed by atoms with E-state index in [4.69, 9.17) is 4.74 Å². The molecule has 1 aromatic heterocycles. The molecule has 0 saturated carbocycles. The Bertz CT molecular complexity index is 1270. The Kier molecular flexibility index (Phi) is 5.95. The van der Waals surface area contributed by atoms with E-state index in [1.54, 1.807) is 29.6 Å². The van der Waals surface area contributed by atoms with Crippen molar-refractivity contribution in [1.29, 1.82) is 0 Å². The van der Waals surface area contributed by atoms with Crippen molar-refractivity contribution in [2.24, 2.45) is 0 Å². The average Bonchev–Trinajstić information content (AvgIpc) is 3.21. The van der Waals surface area contributed by atoms with Crippen molar-refractivity contribution in [2.45, 2.75) is 20.0 Å². The lowest BCUT2D eigenvalue weighted by Gasteiger charge is -2.08. The summed E-state index contributed by atoms with van der Waals surface area (Å²) in [4.78, 5) is 29.1. The van der Waals surface area contributed by atoms with Gasteiger partial charge in [-0.15, -0.1) is 11.3 Å². The number of phenols is 1. The number of para-hydroxylation sites is 1. The van der Waals surface area contributed by atoms with Gasteiger partial charge in [0.05, 0.1) is 12.1 Å². The van der Waals surface area contributed by atoms with Crippen molar-refractivity contribution in [3.63, 3.8) is 0 Å². The molecule has 0 unspecified atom stereocenters. The minimum atomic E-state index is -0.630. The molecule has 31 heavy (non-hydrogen) atoms. The lowest BCUT2D eigenvalue weighted by atomic mass is 10.1. The van der Waals surface area contributed by atoms with E-state index >= 15 is 0 Å². The number of carbonyl (C=O) groups is 2. The van der Waals surface area contributed by atoms with Crippen LogP contribution in [0.25, 0.3) is 10.8 Å². The highest BCUT2D eigenvalue weighted by atomic mass is 32.1. The van der Waals surface area contributed by atoms with E-state index in [0.29, 0.717) is 16.1 Å². The maximum Gasteiger partial charge on any atom is 0.342 e. The summed E-state index contributed by atoms with van der Waals surface area (Å²) in [5.41, 5.74) is 2.41. The van der Waals surface area contributed by atoms with E-state index in [2.05, 4.69) is 10.3 Å². The van der Waals surface area contributed by atoms with Crippen LogP contribution in [-0.2, 0) is 22.6 Å². The molecule has 1 heterocycles. The normalized spacial score (nSPS) is 10.7. The molecule has 7 heteroatoms. The van der Waals surface area contributed by atoms with Crippen molar-refractivity contribution in [3.8, 4) is 5.75 Å². The number of hydrogen-bond donors (Lipinski definition) is 2. The fourth-order valence-electron chi connectivity index (χ4n) is 3.18. The number of thiazole rings is 1. The summed E-state index contributed by atoms with van der Waals surface area (Å²) in [5.74, 6) is -0.890. The van der Waals surface area contributed by atoms with E-state index in [-0.39, 0.29) is 30.2 Å². The van der Waals surface area contributed by atoms with Crippen LogP contribution in [0.4, 0.5) is 5.69 Å². The Morgan fingerprint density at radius 2 is 1.84 bits per heavy atom. The molecule has 4 rings (SSSR count). The summed E-state index contributed by atoms with van der Waals surface area (Å²) in [5, 5.41) is 17.1. The van der Waals surface area contributed by atoms with Crippen molar-refractivity contribution in [1.82, 2.24) is 4.98 Å². The van der Waals surface area contributed by atoms with Gasteiger partial charge in [0.15, 0.2) is 0 Å². The number of esters is 1. The average molecular weight is 433 g/mol. The largest absolute Gasteiger partial charge is 0.506 e. The van der Waals surface area contributed by atoms with Crippen LogP contribution < -0.4 is 5.32 Å². The first-order chi connectivity index (χ1) is 15.0. The summed E-state index contributed by atoms with van der Waals surface area (Å²) in [6.07, 6.45) is 0.137. The molecule has 0 fully saturated rings. The number of rotatable bonds is 6. The Morgan fingerprint density at radius 3 is 2.68 bits per heavy atom. The van der Waals surface area contributed by atoms with Gasteiger partial charge in [-0.3, -0.25) is 4.79 Å². The molecule has 0 radical (unpaired) electrons. The Morgan fingerprint density at radius 1 is 1.06 bits per heavy atom. The third-order valence-electron chi connectivity index (χ3n) is 4.80. The number of hydrogen-bond acceptors (Lipinski definition) is 6. The van der Waals surface area contributed by atoms with E-state index in [0.717, 1.165) is 16.6 Å². The van der Waals surface area contributed by atoms with Crippen LogP contribution in [0.5, 0.6) is 5.75 Å². The van der Waals surface area contributed by atoms with E-state index in [9.17, 15) is 14.7 Å². The lowest BCUT2D eigenvalue weighted by molar-refractivity contribution is -0.115. The molecule has 0 atom stereocenters. The minimum absolute atomic E-state index is 0.0407. The molecule has 0 aliphatic rings. The molecule has 156 valence electrons. The van der Waals surface area contributed by atoms with Gasteiger partial charge >= 0.3 is 5.97 Å². The van der Waals surface area contributed by atoms with Gasteiger partial charge < -0.3 is 15.2 Å². The highest BCUT2D eigenvalue weighted by Crippen LogP contribution is 2.29. The summed E-state index contributed by atoms with van der Waals surface area (Å²) in [6.45, 7) is 1.89. The molecule has 2 N–H and O–H groups in total. The standard InChI is InChI=1S/C24H20N2O4S/c1-15-6-2-5-9-20(15)26-21(27)12-22-25-17(14-31-22)13-30-24(29)19-11-10-16-7-3-4-8-18(16)23(19)28/h2-11,14,28H,12-13H2,1H3,(H,26,27). The molecular weight excluding hydrogens is 412 g/mol. The smallest absolute Gasteiger partial charge is 0.342 e. The molecule has 0 spiro atoms. The van der Waals surface area contributed by atoms with Crippen molar-refractivity contribution in [2.75, 3.05) is 5.32 Å². The van der Waals surface area contributed by atoms with Crippen LogP contribution in [0, 0.1) is 6.92 Å². The van der Waals surface area contributed by atoms with Gasteiger partial charge in [0.1, 0.15) is 22.9 Å². The van der Waals surface area contributed by atoms with Crippen molar-refractivity contribution < 1.29 is 19.4 Å². The number of ether oxygens (including phenoxy) is 1. The van der Waals surface area contributed by atoms with Crippen molar-refractivity contribution >= 4 is 39.7 Å². The second-order valence-corrected chi connectivity index (χ2v) is 7.97. The van der Waals surface area contributed by atoms with Crippen LogP contribution in [-0.4, -0.2) is 22.0 Å². The predicted molar refractivity (Wildman–Crippen MR) is 120 cm³/mol. The van der Waals surface area contributed by atoms with E-state index < -0.39 is 5.97 Å². The molecule has 6 nitrogen and oxygen atoms in total. The zero-order valence-corrected chi connectivity index (χ0v) is 17.6. The Labute approximate surface area is 183 Å². The molecule has 0 aliphatic carbocycles. The summed E-state index contributed by atoms with van der Waals surface area (Å²) < 4.78 is 5.32. The first-order valence-electron chi connectivity index (χ1n) is 9.68. The Hall–Kier alpha value is -3.71. The first-order valence-corrected chi connectivity index (χ1v) is 10.6. The van der Waals surface area contributed by atoms with Crippen molar-refractivity contribution in [3.05, 3.63) is 87.9 Å². The fourth-order valence-corrected chi connectivity index (χ4v) is 3.96. The van der Waals surface area contributed by atoms with Gasteiger partial charge in [0.2, 0.25) is 5.91 Å². The van der Waals surface area contributed by atoms with Crippen LogP contribution in [0.1, 0.15) is 26.6 Å². The highest BCUT2D eigenvalue weighted by Gasteiger charge is 2.16. The highest BCUT2D eigenvalue weighted by molar-refractivity contribution is 7.09. The minimum Gasteiger partial charge on any atom is -0.506 e. The quantitative estimate of drug-likeness (QED) is 0.425. The molecule has 0 bridgehead atoms. The predicted octanol–water partition coefficient (Wildman–Crippen LogP) is 4.85. The SMILES string of the molecule is Cc1ccccc1NC(=O)Cc1nc(COC(=O)c2ccc3ccccc3c2O)cs1. The monoisotopic (exact) mass is 432 g/mol. The topological polar surface area (TPSA) is 88.5 Å². The number of anilines is 1. The van der Waals surface area contributed by atoms with Crippen LogP contribution in [0.2, 0.25) is 0 Å². The van der Waals surface area contributed by atoms with Crippen LogP contribution in [0.15, 0.2) is 66.0 Å². The molecule has 0 saturated heterocycles. The van der Waals surface area contributed by atoms with Gasteiger partial charge in [-0.2, -0.15) is 0 Å². The zero-order chi connectivity index (χ0) is 21.8. The van der Waals surface area contributed by atoms with Gasteiger partial charge in [-0.1, -0.05) is 48.5 Å². The number of nitrogens with zero attached hydrogens (tertiary/aromatic N) is 1. The van der Waals surface area contributed by atoms with Crippen LogP contribution in [0.3, 0.4) is 0 Å².